The van der Waals surface area contributed by atoms with E-state index in [1.807, 2.05) is 78.9 Å². The third-order valence-electron chi connectivity index (χ3n) is 5.06. The number of nitrogens with zero attached hydrogens (tertiary/aromatic N) is 1. The first-order valence-corrected chi connectivity index (χ1v) is 12.1. The first kappa shape index (κ1) is 23.7. The zero-order valence-corrected chi connectivity index (χ0v) is 20.3. The molecule has 1 N–H and O–H groups in total. The Morgan fingerprint density at radius 3 is 2.32 bits per heavy atom. The summed E-state index contributed by atoms with van der Waals surface area (Å²) in [5.74, 6) is 1.74. The zero-order chi connectivity index (χ0) is 24.1. The van der Waals surface area contributed by atoms with Gasteiger partial charge < -0.3 is 19.7 Å². The molecule has 0 saturated carbocycles. The standard InChI is InChI=1S/C27H28N2O4S/c1-27(2,3)33-26(31)28-22-18-34-24-12-8-7-11-23(24)29(25(22)30)17-19-13-15-21(16-14-19)32-20-9-5-4-6-10-20/h4-16,22H,17-18H2,1-3H3,(H,28,31)/t22-/m0/s1. The molecule has 0 aliphatic carbocycles. The van der Waals surface area contributed by atoms with E-state index in [0.29, 0.717) is 12.3 Å². The number of carbonyl (C=O) groups excluding carboxylic acids is 2. The molecule has 0 radical (unpaired) electrons. The summed E-state index contributed by atoms with van der Waals surface area (Å²) >= 11 is 1.55. The van der Waals surface area contributed by atoms with E-state index in [1.54, 1.807) is 37.4 Å². The Bertz CT molecular complexity index is 1140. The van der Waals surface area contributed by atoms with Crippen molar-refractivity contribution in [2.24, 2.45) is 0 Å². The van der Waals surface area contributed by atoms with E-state index in [2.05, 4.69) is 5.32 Å². The van der Waals surface area contributed by atoms with Crippen molar-refractivity contribution in [3.8, 4) is 11.5 Å². The van der Waals surface area contributed by atoms with Gasteiger partial charge in [0.05, 0.1) is 12.2 Å². The summed E-state index contributed by atoms with van der Waals surface area (Å²) in [6.07, 6.45) is -0.597. The molecule has 1 aliphatic heterocycles. The number of fused-ring (bicyclic) bond motifs is 1. The molecule has 1 aliphatic rings. The Morgan fingerprint density at radius 2 is 1.62 bits per heavy atom. The van der Waals surface area contributed by atoms with Gasteiger partial charge in [-0.3, -0.25) is 4.79 Å². The van der Waals surface area contributed by atoms with Gasteiger partial charge in [-0.15, -0.1) is 11.8 Å². The maximum absolute atomic E-state index is 13.5. The number of ether oxygens (including phenoxy) is 2. The Morgan fingerprint density at radius 1 is 0.971 bits per heavy atom. The minimum Gasteiger partial charge on any atom is -0.457 e. The van der Waals surface area contributed by atoms with Crippen LogP contribution < -0.4 is 15.0 Å². The van der Waals surface area contributed by atoms with Crippen LogP contribution in [0.25, 0.3) is 0 Å². The number of rotatable bonds is 5. The summed E-state index contributed by atoms with van der Waals surface area (Å²) in [7, 11) is 0. The lowest BCUT2D eigenvalue weighted by atomic mass is 10.1. The van der Waals surface area contributed by atoms with Crippen molar-refractivity contribution < 1.29 is 19.1 Å². The van der Waals surface area contributed by atoms with Gasteiger partial charge in [0.25, 0.3) is 5.91 Å². The molecule has 0 aromatic heterocycles. The molecule has 1 heterocycles. The number of carbonyl (C=O) groups is 2. The van der Waals surface area contributed by atoms with E-state index < -0.39 is 17.7 Å². The predicted molar refractivity (Wildman–Crippen MR) is 134 cm³/mol. The number of benzene rings is 3. The van der Waals surface area contributed by atoms with Gasteiger partial charge in [-0.2, -0.15) is 0 Å². The van der Waals surface area contributed by atoms with E-state index in [0.717, 1.165) is 27.6 Å². The Hall–Kier alpha value is -3.45. The second kappa shape index (κ2) is 10.2. The van der Waals surface area contributed by atoms with Crippen molar-refractivity contribution >= 4 is 29.4 Å². The van der Waals surface area contributed by atoms with E-state index in [9.17, 15) is 9.59 Å². The highest BCUT2D eigenvalue weighted by molar-refractivity contribution is 7.99. The maximum atomic E-state index is 13.5. The molecular formula is C27H28N2O4S. The van der Waals surface area contributed by atoms with Crippen molar-refractivity contribution in [1.82, 2.24) is 5.32 Å². The molecule has 2 amide bonds. The van der Waals surface area contributed by atoms with Crippen LogP contribution in [0.2, 0.25) is 0 Å². The second-order valence-corrected chi connectivity index (χ2v) is 10.0. The zero-order valence-electron chi connectivity index (χ0n) is 19.5. The number of thioether (sulfide) groups is 1. The highest BCUT2D eigenvalue weighted by atomic mass is 32.2. The van der Waals surface area contributed by atoms with E-state index >= 15 is 0 Å². The first-order valence-electron chi connectivity index (χ1n) is 11.1. The average Bonchev–Trinajstić information content (AvgIpc) is 2.92. The van der Waals surface area contributed by atoms with Crippen molar-refractivity contribution in [3.05, 3.63) is 84.4 Å². The molecule has 6 nitrogen and oxygen atoms in total. The predicted octanol–water partition coefficient (Wildman–Crippen LogP) is 6.01. The quantitative estimate of drug-likeness (QED) is 0.488. The molecular weight excluding hydrogens is 448 g/mol. The fourth-order valence-corrected chi connectivity index (χ4v) is 4.61. The number of para-hydroxylation sites is 2. The molecule has 0 fully saturated rings. The Balaban J connectivity index is 1.53. The smallest absolute Gasteiger partial charge is 0.408 e. The monoisotopic (exact) mass is 476 g/mol. The molecule has 176 valence electrons. The summed E-state index contributed by atoms with van der Waals surface area (Å²) in [6.45, 7) is 5.76. The fourth-order valence-electron chi connectivity index (χ4n) is 3.54. The van der Waals surface area contributed by atoms with E-state index in [4.69, 9.17) is 9.47 Å². The van der Waals surface area contributed by atoms with Crippen LogP contribution in [0.1, 0.15) is 26.3 Å². The third-order valence-corrected chi connectivity index (χ3v) is 6.22. The van der Waals surface area contributed by atoms with Crippen molar-refractivity contribution in [2.45, 2.75) is 43.9 Å². The Kier molecular flexibility index (Phi) is 7.12. The number of amides is 2. The molecule has 0 spiro atoms. The number of anilines is 1. The van der Waals surface area contributed by atoms with Gasteiger partial charge in [0.1, 0.15) is 23.1 Å². The van der Waals surface area contributed by atoms with Crippen molar-refractivity contribution in [2.75, 3.05) is 10.7 Å². The van der Waals surface area contributed by atoms with Gasteiger partial charge in [0.2, 0.25) is 0 Å². The van der Waals surface area contributed by atoms with Crippen LogP contribution in [0.15, 0.2) is 83.8 Å². The Labute approximate surface area is 204 Å². The SMILES string of the molecule is CC(C)(C)OC(=O)N[C@H]1CSc2ccccc2N(Cc2ccc(Oc3ccccc3)cc2)C1=O. The average molecular weight is 477 g/mol. The summed E-state index contributed by atoms with van der Waals surface area (Å²) < 4.78 is 11.3. The lowest BCUT2D eigenvalue weighted by molar-refractivity contribution is -0.120. The number of hydrogen-bond donors (Lipinski definition) is 1. The highest BCUT2D eigenvalue weighted by Crippen LogP contribution is 2.35. The molecule has 0 unspecified atom stereocenters. The van der Waals surface area contributed by atoms with Crippen LogP contribution in [0, 0.1) is 0 Å². The minimum absolute atomic E-state index is 0.173. The van der Waals surface area contributed by atoms with Crippen LogP contribution >= 0.6 is 11.8 Å². The molecule has 0 saturated heterocycles. The van der Waals surface area contributed by atoms with Crippen LogP contribution in [0.5, 0.6) is 11.5 Å². The van der Waals surface area contributed by atoms with Gasteiger partial charge in [-0.25, -0.2) is 4.79 Å². The third kappa shape index (κ3) is 6.11. The maximum Gasteiger partial charge on any atom is 0.408 e. The lowest BCUT2D eigenvalue weighted by Gasteiger charge is -2.27. The molecule has 3 aromatic carbocycles. The molecule has 0 bridgehead atoms. The van der Waals surface area contributed by atoms with Crippen LogP contribution in [0.4, 0.5) is 10.5 Å². The highest BCUT2D eigenvalue weighted by Gasteiger charge is 2.33. The largest absolute Gasteiger partial charge is 0.457 e. The van der Waals surface area contributed by atoms with Crippen LogP contribution in [-0.2, 0) is 16.1 Å². The van der Waals surface area contributed by atoms with Gasteiger partial charge in [0.15, 0.2) is 0 Å². The van der Waals surface area contributed by atoms with Crippen molar-refractivity contribution in [1.29, 1.82) is 0 Å². The van der Waals surface area contributed by atoms with E-state index in [1.165, 1.54) is 0 Å². The molecule has 4 rings (SSSR count). The van der Waals surface area contributed by atoms with Gasteiger partial charge in [0, 0.05) is 10.6 Å². The van der Waals surface area contributed by atoms with E-state index in [-0.39, 0.29) is 5.91 Å². The lowest BCUT2D eigenvalue weighted by Crippen LogP contribution is -2.50. The molecule has 3 aromatic rings. The number of alkyl carbamates (subject to hydrolysis) is 1. The summed E-state index contributed by atoms with van der Waals surface area (Å²) in [5.41, 5.74) is 1.14. The van der Waals surface area contributed by atoms with Crippen LogP contribution in [-0.4, -0.2) is 29.4 Å². The van der Waals surface area contributed by atoms with Crippen LogP contribution in [0.3, 0.4) is 0 Å². The number of hydrogen-bond acceptors (Lipinski definition) is 5. The first-order chi connectivity index (χ1) is 16.3. The van der Waals surface area contributed by atoms with Crippen molar-refractivity contribution in [3.63, 3.8) is 0 Å². The minimum atomic E-state index is -0.701. The summed E-state index contributed by atoms with van der Waals surface area (Å²) in [4.78, 5) is 28.6. The summed E-state index contributed by atoms with van der Waals surface area (Å²) in [6, 6.07) is 24.3. The molecule has 34 heavy (non-hydrogen) atoms. The normalized spacial score (nSPS) is 15.8. The molecule has 7 heteroatoms. The van der Waals surface area contributed by atoms with Gasteiger partial charge in [-0.1, -0.05) is 42.5 Å². The molecule has 1 atom stereocenters. The topological polar surface area (TPSA) is 67.9 Å². The van der Waals surface area contributed by atoms with Gasteiger partial charge in [-0.05, 0) is 62.7 Å². The fraction of sp³-hybridized carbons (Fsp3) is 0.259. The second-order valence-electron chi connectivity index (χ2n) is 8.96. The summed E-state index contributed by atoms with van der Waals surface area (Å²) in [5, 5.41) is 2.76. The van der Waals surface area contributed by atoms with Gasteiger partial charge >= 0.3 is 6.09 Å². The number of nitrogens with one attached hydrogen (secondary N) is 1.